The number of piperidine rings is 1. The average molecular weight is 285 g/mol. The molecule has 0 bridgehead atoms. The van der Waals surface area contributed by atoms with Gasteiger partial charge in [0, 0.05) is 41.8 Å². The summed E-state index contributed by atoms with van der Waals surface area (Å²) in [6.45, 7) is 6.19. The maximum Gasteiger partial charge on any atom is 0.293 e. The van der Waals surface area contributed by atoms with E-state index in [-0.39, 0.29) is 11.2 Å². The van der Waals surface area contributed by atoms with Crippen LogP contribution in [0.1, 0.15) is 26.7 Å². The molecule has 0 N–H and O–H groups in total. The van der Waals surface area contributed by atoms with Gasteiger partial charge in [-0.1, -0.05) is 6.08 Å². The van der Waals surface area contributed by atoms with Crippen LogP contribution in [0.5, 0.6) is 0 Å². The molecule has 0 amide bonds. The van der Waals surface area contributed by atoms with Gasteiger partial charge >= 0.3 is 0 Å². The van der Waals surface area contributed by atoms with E-state index in [2.05, 4.69) is 24.8 Å². The Morgan fingerprint density at radius 2 is 2.29 bits per heavy atom. The first-order valence-electron chi connectivity index (χ1n) is 7.59. The number of rotatable bonds is 4. The quantitative estimate of drug-likeness (QED) is 0.741. The normalized spacial score (nSPS) is 32.6. The predicted octanol–water partition coefficient (Wildman–Crippen LogP) is 1.98. The zero-order valence-electron chi connectivity index (χ0n) is 12.4. The monoisotopic (exact) mass is 285 g/mol. The van der Waals surface area contributed by atoms with Crippen molar-refractivity contribution in [2.24, 2.45) is 11.3 Å². The van der Waals surface area contributed by atoms with Gasteiger partial charge in [-0.2, -0.15) is 0 Å². The number of hydrogen-bond donors (Lipinski definition) is 0. The van der Waals surface area contributed by atoms with Crippen LogP contribution in [-0.4, -0.2) is 36.3 Å². The minimum Gasteiger partial charge on any atom is -0.463 e. The van der Waals surface area contributed by atoms with Crippen molar-refractivity contribution < 1.29 is 14.3 Å². The fourth-order valence-electron chi connectivity index (χ4n) is 4.35. The first-order valence-corrected chi connectivity index (χ1v) is 7.59. The van der Waals surface area contributed by atoms with Crippen LogP contribution in [0, 0.1) is 11.3 Å². The van der Waals surface area contributed by atoms with Crippen molar-refractivity contribution >= 4 is 12.3 Å². The maximum atomic E-state index is 12.5. The van der Waals surface area contributed by atoms with Crippen LogP contribution in [0.2, 0.25) is 0 Å². The lowest BCUT2D eigenvalue weighted by Crippen LogP contribution is -2.32. The van der Waals surface area contributed by atoms with Crippen molar-refractivity contribution in [2.45, 2.75) is 32.7 Å². The summed E-state index contributed by atoms with van der Waals surface area (Å²) in [5.41, 5.74) is 4.49. The SMILES string of the molecule is CC(C)N1CC2CC23C1=CC(=O)C1=C3C=C(COC=O)C1. The molecule has 4 aliphatic rings. The fourth-order valence-corrected chi connectivity index (χ4v) is 4.35. The van der Waals surface area contributed by atoms with Gasteiger partial charge in [-0.05, 0) is 37.3 Å². The van der Waals surface area contributed by atoms with Crippen molar-refractivity contribution in [1.82, 2.24) is 4.90 Å². The average Bonchev–Trinajstić information content (AvgIpc) is 2.83. The first kappa shape index (κ1) is 12.9. The molecule has 2 atom stereocenters. The van der Waals surface area contributed by atoms with Gasteiger partial charge in [-0.15, -0.1) is 0 Å². The molecule has 1 heterocycles. The van der Waals surface area contributed by atoms with E-state index in [1.165, 1.54) is 11.3 Å². The summed E-state index contributed by atoms with van der Waals surface area (Å²) in [5.74, 6) is 0.785. The highest BCUT2D eigenvalue weighted by Gasteiger charge is 2.67. The Hall–Kier alpha value is -1.84. The lowest BCUT2D eigenvalue weighted by molar-refractivity contribution is -0.127. The Labute approximate surface area is 124 Å². The predicted molar refractivity (Wildman–Crippen MR) is 77.2 cm³/mol. The summed E-state index contributed by atoms with van der Waals surface area (Å²) in [6.07, 6.45) is 5.78. The standard InChI is InChI=1S/C17H19NO3/c1-10(2)18-7-12-6-17(12)14-4-11(8-21-9-19)3-13(14)15(20)5-16(17)18/h4-5,9-10,12H,3,6-8H2,1-2H3. The van der Waals surface area contributed by atoms with E-state index >= 15 is 0 Å². The molecule has 1 saturated carbocycles. The topological polar surface area (TPSA) is 46.6 Å². The smallest absolute Gasteiger partial charge is 0.293 e. The molecular formula is C17H19NO3. The number of nitrogens with zero attached hydrogens (tertiary/aromatic N) is 1. The Balaban J connectivity index is 1.70. The summed E-state index contributed by atoms with van der Waals surface area (Å²) >= 11 is 0. The first-order chi connectivity index (χ1) is 10.1. The molecular weight excluding hydrogens is 266 g/mol. The van der Waals surface area contributed by atoms with Crippen LogP contribution in [-0.2, 0) is 14.3 Å². The molecule has 4 nitrogen and oxygen atoms in total. The Morgan fingerprint density at radius 3 is 3.00 bits per heavy atom. The molecule has 0 aromatic rings. The molecule has 2 unspecified atom stereocenters. The van der Waals surface area contributed by atoms with Gasteiger partial charge in [0.1, 0.15) is 6.61 Å². The van der Waals surface area contributed by atoms with Gasteiger partial charge in [0.15, 0.2) is 5.78 Å². The number of ketones is 1. The Bertz CT molecular complexity index is 640. The fraction of sp³-hybridized carbons (Fsp3) is 0.529. The molecule has 1 saturated heterocycles. The third-order valence-electron chi connectivity index (χ3n) is 5.37. The van der Waals surface area contributed by atoms with Gasteiger partial charge in [0.2, 0.25) is 0 Å². The number of hydrogen-bond acceptors (Lipinski definition) is 4. The molecule has 21 heavy (non-hydrogen) atoms. The van der Waals surface area contributed by atoms with Gasteiger partial charge in [-0.25, -0.2) is 0 Å². The Morgan fingerprint density at radius 1 is 1.48 bits per heavy atom. The molecule has 0 aromatic carbocycles. The summed E-state index contributed by atoms with van der Waals surface area (Å²) < 4.78 is 4.86. The molecule has 3 aliphatic carbocycles. The minimum absolute atomic E-state index is 0.0937. The second kappa shape index (κ2) is 4.09. The highest BCUT2D eigenvalue weighted by Crippen LogP contribution is 2.71. The van der Waals surface area contributed by atoms with Crippen LogP contribution < -0.4 is 0 Å². The summed E-state index contributed by atoms with van der Waals surface area (Å²) in [6, 6.07) is 0.430. The van der Waals surface area contributed by atoms with Crippen molar-refractivity contribution in [3.63, 3.8) is 0 Å². The molecule has 1 aliphatic heterocycles. The third-order valence-corrected chi connectivity index (χ3v) is 5.37. The van der Waals surface area contributed by atoms with E-state index in [9.17, 15) is 9.59 Å². The van der Waals surface area contributed by atoms with Crippen LogP contribution in [0.3, 0.4) is 0 Å². The third kappa shape index (κ3) is 1.56. The highest BCUT2D eigenvalue weighted by atomic mass is 16.5. The number of ether oxygens (including phenoxy) is 1. The zero-order chi connectivity index (χ0) is 14.8. The molecule has 4 heteroatoms. The van der Waals surface area contributed by atoms with Gasteiger partial charge < -0.3 is 9.64 Å². The van der Waals surface area contributed by atoms with E-state index in [0.29, 0.717) is 31.5 Å². The molecule has 0 aromatic heterocycles. The van der Waals surface area contributed by atoms with Gasteiger partial charge in [-0.3, -0.25) is 9.59 Å². The van der Waals surface area contributed by atoms with Crippen molar-refractivity contribution in [1.29, 1.82) is 0 Å². The van der Waals surface area contributed by atoms with E-state index in [1.807, 2.05) is 6.08 Å². The van der Waals surface area contributed by atoms with Crippen LogP contribution in [0.4, 0.5) is 0 Å². The highest BCUT2D eigenvalue weighted by molar-refractivity contribution is 6.08. The Kier molecular flexibility index (Phi) is 2.51. The van der Waals surface area contributed by atoms with Crippen molar-refractivity contribution in [2.75, 3.05) is 13.2 Å². The maximum absolute atomic E-state index is 12.5. The molecule has 1 spiro atoms. The molecule has 4 rings (SSSR count). The number of carbonyl (C=O) groups is 2. The summed E-state index contributed by atoms with van der Waals surface area (Å²) in [4.78, 5) is 25.2. The van der Waals surface area contributed by atoms with Crippen LogP contribution in [0.15, 0.2) is 34.6 Å². The number of carbonyl (C=O) groups excluding carboxylic acids is 2. The number of likely N-dealkylation sites (tertiary alicyclic amines) is 1. The second-order valence-electron chi connectivity index (χ2n) is 6.79. The van der Waals surface area contributed by atoms with E-state index in [1.54, 1.807) is 0 Å². The summed E-state index contributed by atoms with van der Waals surface area (Å²) in [5, 5.41) is 0. The largest absolute Gasteiger partial charge is 0.463 e. The van der Waals surface area contributed by atoms with Gasteiger partial charge in [0.25, 0.3) is 6.47 Å². The van der Waals surface area contributed by atoms with Crippen LogP contribution >= 0.6 is 0 Å². The van der Waals surface area contributed by atoms with Crippen LogP contribution in [0.25, 0.3) is 0 Å². The lowest BCUT2D eigenvalue weighted by Gasteiger charge is -2.32. The molecule has 110 valence electrons. The number of allylic oxidation sites excluding steroid dienone is 4. The van der Waals surface area contributed by atoms with E-state index < -0.39 is 0 Å². The second-order valence-corrected chi connectivity index (χ2v) is 6.79. The van der Waals surface area contributed by atoms with E-state index in [4.69, 9.17) is 4.74 Å². The minimum atomic E-state index is 0.0937. The van der Waals surface area contributed by atoms with E-state index in [0.717, 1.165) is 24.1 Å². The molecule has 2 fully saturated rings. The zero-order valence-corrected chi connectivity index (χ0v) is 12.4. The van der Waals surface area contributed by atoms with Gasteiger partial charge in [0.05, 0.1) is 0 Å². The summed E-state index contributed by atoms with van der Waals surface area (Å²) in [7, 11) is 0. The lowest BCUT2D eigenvalue weighted by atomic mass is 9.82. The molecule has 0 radical (unpaired) electrons. The van der Waals surface area contributed by atoms with Crippen molar-refractivity contribution in [3.05, 3.63) is 34.6 Å². The van der Waals surface area contributed by atoms with Crippen molar-refractivity contribution in [3.8, 4) is 0 Å².